The zero-order valence-corrected chi connectivity index (χ0v) is 23.1. The minimum absolute atomic E-state index is 0.0261. The van der Waals surface area contributed by atoms with Crippen LogP contribution >= 0.6 is 22.9 Å². The van der Waals surface area contributed by atoms with E-state index in [4.69, 9.17) is 11.6 Å². The van der Waals surface area contributed by atoms with Crippen molar-refractivity contribution in [2.45, 2.75) is 51.2 Å². The molecule has 0 aliphatic heterocycles. The Kier molecular flexibility index (Phi) is 6.56. The molecule has 2 atom stereocenters. The van der Waals surface area contributed by atoms with Crippen LogP contribution in [0.2, 0.25) is 5.02 Å². The number of aromatic nitrogens is 5. The van der Waals surface area contributed by atoms with Crippen LogP contribution in [0.5, 0.6) is 0 Å². The van der Waals surface area contributed by atoms with Gasteiger partial charge in [0.15, 0.2) is 0 Å². The lowest BCUT2D eigenvalue weighted by molar-refractivity contribution is 0.610. The second kappa shape index (κ2) is 10.6. The molecule has 5 aromatic rings. The molecule has 1 saturated carbocycles. The van der Waals surface area contributed by atoms with Gasteiger partial charge >= 0.3 is 0 Å². The van der Waals surface area contributed by atoms with Gasteiger partial charge < -0.3 is 10.6 Å². The summed E-state index contributed by atoms with van der Waals surface area (Å²) in [5, 5.41) is 26.8. The van der Waals surface area contributed by atoms with E-state index in [0.717, 1.165) is 30.5 Å². The number of anilines is 2. The molecular weight excluding hydrogens is 528 g/mol. The molecule has 3 heterocycles. The number of thiazole rings is 1. The molecule has 196 valence electrons. The summed E-state index contributed by atoms with van der Waals surface area (Å²) in [4.78, 5) is 9.62. The van der Waals surface area contributed by atoms with Gasteiger partial charge in [0.25, 0.3) is 0 Å². The Bertz CT molecular complexity index is 1730. The zero-order valence-electron chi connectivity index (χ0n) is 22.5. The third-order valence-corrected chi connectivity index (χ3v) is 8.14. The van der Waals surface area contributed by atoms with Gasteiger partial charge in [-0.25, -0.2) is 9.67 Å². The number of rotatable bonds is 9. The van der Waals surface area contributed by atoms with Crippen molar-refractivity contribution in [3.05, 3.63) is 92.8 Å². The first-order valence-corrected chi connectivity index (χ1v) is 14.1. The maximum absolute atomic E-state index is 9.98. The van der Waals surface area contributed by atoms with Crippen LogP contribution in [0.4, 0.5) is 11.4 Å². The molecule has 39 heavy (non-hydrogen) atoms. The summed E-state index contributed by atoms with van der Waals surface area (Å²) >= 11 is 8.18. The summed E-state index contributed by atoms with van der Waals surface area (Å²) in [7, 11) is 0. The highest BCUT2D eigenvalue weighted by atomic mass is 35.5. The summed E-state index contributed by atoms with van der Waals surface area (Å²) in [6.07, 6.45) is 6.32. The average Bonchev–Trinajstić information content (AvgIpc) is 3.51. The van der Waals surface area contributed by atoms with Crippen LogP contribution in [0.1, 0.15) is 73.1 Å². The number of nitrogens with one attached hydrogen (secondary N) is 2. The standard InChI is InChI=1S/C29H27ClN8S/c1-3-24(18-7-5-4-6-8-18)35-26-19(13-31)14-32-27-22(26)11-20(12-23(27)30)34-28(29-17(2)33-16-39-29)25-15-38(37-36-25)21-9-10-21/h4-8,11-12,14-16,21,24,28,34H,3,9-10H2,1-2H3,(H,32,35)/t24-,28?/m1/s1/i28D. The third-order valence-electron chi connectivity index (χ3n) is 6.90. The first-order chi connectivity index (χ1) is 19.4. The Labute approximate surface area is 237 Å². The highest BCUT2D eigenvalue weighted by Crippen LogP contribution is 2.39. The van der Waals surface area contributed by atoms with Gasteiger partial charge in [0.05, 0.1) is 57.5 Å². The van der Waals surface area contributed by atoms with Gasteiger partial charge in [0.2, 0.25) is 0 Å². The van der Waals surface area contributed by atoms with Crippen molar-refractivity contribution in [1.29, 1.82) is 5.26 Å². The Hall–Kier alpha value is -4.00. The SMILES string of the molecule is [2H]C(Nc1cc(Cl)c2ncc(C#N)c(N[C@H](CC)c3ccccc3)c2c1)(c1cn(C2CC2)nn1)c1scnc1C. The minimum Gasteiger partial charge on any atom is -0.377 e. The number of hydrogen-bond donors (Lipinski definition) is 2. The van der Waals surface area contributed by atoms with Gasteiger partial charge in [-0.1, -0.05) is 54.1 Å². The quantitative estimate of drug-likeness (QED) is 0.198. The maximum atomic E-state index is 9.98. The van der Waals surface area contributed by atoms with Crippen molar-refractivity contribution in [2.24, 2.45) is 0 Å². The van der Waals surface area contributed by atoms with E-state index in [1.807, 2.05) is 42.1 Å². The fourth-order valence-corrected chi connectivity index (χ4v) is 5.77. The molecular formula is C29H27ClN8S. The van der Waals surface area contributed by atoms with Gasteiger partial charge in [-0.2, -0.15) is 5.26 Å². The van der Waals surface area contributed by atoms with Crippen LogP contribution in [-0.4, -0.2) is 25.0 Å². The van der Waals surface area contributed by atoms with Crippen LogP contribution in [-0.2, 0) is 0 Å². The summed E-state index contributed by atoms with van der Waals surface area (Å²) < 4.78 is 11.5. The summed E-state index contributed by atoms with van der Waals surface area (Å²) in [5.41, 5.74) is 6.29. The van der Waals surface area contributed by atoms with Crippen LogP contribution in [0.15, 0.2) is 60.4 Å². The predicted octanol–water partition coefficient (Wildman–Crippen LogP) is 7.22. The van der Waals surface area contributed by atoms with E-state index in [1.54, 1.807) is 17.8 Å². The molecule has 2 N–H and O–H groups in total. The van der Waals surface area contributed by atoms with Crippen LogP contribution in [0, 0.1) is 18.3 Å². The lowest BCUT2D eigenvalue weighted by atomic mass is 10.0. The van der Waals surface area contributed by atoms with E-state index >= 15 is 0 Å². The molecule has 1 unspecified atom stereocenters. The molecule has 1 aliphatic rings. The second-order valence-corrected chi connectivity index (χ2v) is 10.9. The van der Waals surface area contributed by atoms with Crippen molar-refractivity contribution < 1.29 is 1.37 Å². The normalized spacial score (nSPS) is 15.8. The average molecular weight is 556 g/mol. The third kappa shape index (κ3) is 5.05. The van der Waals surface area contributed by atoms with Crippen molar-refractivity contribution >= 4 is 45.2 Å². The Morgan fingerprint density at radius 1 is 1.23 bits per heavy atom. The fraction of sp³-hybridized carbons (Fsp3) is 0.276. The second-order valence-electron chi connectivity index (χ2n) is 9.61. The van der Waals surface area contributed by atoms with E-state index in [9.17, 15) is 6.63 Å². The van der Waals surface area contributed by atoms with E-state index in [2.05, 4.69) is 56.0 Å². The molecule has 0 spiro atoms. The van der Waals surface area contributed by atoms with Crippen LogP contribution < -0.4 is 10.6 Å². The number of nitriles is 1. The molecule has 0 radical (unpaired) electrons. The molecule has 10 heteroatoms. The Balaban J connectivity index is 1.46. The Morgan fingerprint density at radius 3 is 2.74 bits per heavy atom. The van der Waals surface area contributed by atoms with E-state index < -0.39 is 6.02 Å². The Morgan fingerprint density at radius 2 is 2.05 bits per heavy atom. The number of fused-ring (bicyclic) bond motifs is 1. The molecule has 0 saturated heterocycles. The van der Waals surface area contributed by atoms with E-state index in [-0.39, 0.29) is 6.04 Å². The van der Waals surface area contributed by atoms with Crippen LogP contribution in [0.3, 0.4) is 0 Å². The molecule has 1 fully saturated rings. The predicted molar refractivity (Wildman–Crippen MR) is 155 cm³/mol. The lowest BCUT2D eigenvalue weighted by Gasteiger charge is -2.22. The van der Waals surface area contributed by atoms with Gasteiger partial charge in [-0.05, 0) is 43.9 Å². The fourth-order valence-electron chi connectivity index (χ4n) is 4.68. The number of nitrogens with zero attached hydrogens (tertiary/aromatic N) is 6. The minimum atomic E-state index is -1.46. The smallest absolute Gasteiger partial charge is 0.110 e. The maximum Gasteiger partial charge on any atom is 0.110 e. The van der Waals surface area contributed by atoms with E-state index in [0.29, 0.717) is 49.5 Å². The number of benzene rings is 2. The molecule has 3 aromatic heterocycles. The topological polar surface area (TPSA) is 104 Å². The molecule has 8 nitrogen and oxygen atoms in total. The first-order valence-electron chi connectivity index (χ1n) is 13.4. The van der Waals surface area contributed by atoms with Crippen LogP contribution in [0.25, 0.3) is 10.9 Å². The van der Waals surface area contributed by atoms with Crippen molar-refractivity contribution in [3.63, 3.8) is 0 Å². The number of aryl methyl sites for hydroxylation is 1. The van der Waals surface area contributed by atoms with Gasteiger partial charge in [0.1, 0.15) is 17.8 Å². The van der Waals surface area contributed by atoms with Crippen molar-refractivity contribution in [3.8, 4) is 6.07 Å². The number of hydrogen-bond acceptors (Lipinski definition) is 8. The number of pyridine rings is 1. The lowest BCUT2D eigenvalue weighted by Crippen LogP contribution is -2.14. The van der Waals surface area contributed by atoms with Gasteiger partial charge in [-0.3, -0.25) is 4.98 Å². The highest BCUT2D eigenvalue weighted by molar-refractivity contribution is 7.09. The summed E-state index contributed by atoms with van der Waals surface area (Å²) in [6, 6.07) is 14.9. The summed E-state index contributed by atoms with van der Waals surface area (Å²) in [6.45, 7) is 3.98. The van der Waals surface area contributed by atoms with Crippen molar-refractivity contribution in [1.82, 2.24) is 25.0 Å². The molecule has 0 bridgehead atoms. The zero-order chi connectivity index (χ0) is 27.9. The molecule has 0 amide bonds. The summed E-state index contributed by atoms with van der Waals surface area (Å²) in [5.74, 6) is 0. The molecule has 6 rings (SSSR count). The van der Waals surface area contributed by atoms with Gasteiger partial charge in [-0.15, -0.1) is 16.4 Å². The monoisotopic (exact) mass is 555 g/mol. The van der Waals surface area contributed by atoms with E-state index in [1.165, 1.54) is 11.3 Å². The number of halogens is 1. The van der Waals surface area contributed by atoms with Crippen molar-refractivity contribution in [2.75, 3.05) is 10.6 Å². The highest BCUT2D eigenvalue weighted by Gasteiger charge is 2.28. The molecule has 1 aliphatic carbocycles. The first kappa shape index (κ1) is 24.1. The largest absolute Gasteiger partial charge is 0.377 e. The molecule has 2 aromatic carbocycles. The van der Waals surface area contributed by atoms with Gasteiger partial charge in [0, 0.05) is 17.3 Å².